The van der Waals surface area contributed by atoms with Crippen LogP contribution in [0.5, 0.6) is 0 Å². The van der Waals surface area contributed by atoms with E-state index in [1.807, 2.05) is 27.7 Å². The number of benzene rings is 2. The van der Waals surface area contributed by atoms with Crippen molar-refractivity contribution in [1.82, 2.24) is 0 Å². The van der Waals surface area contributed by atoms with E-state index >= 15 is 0 Å². The van der Waals surface area contributed by atoms with Gasteiger partial charge in [0.25, 0.3) is 0 Å². The Bertz CT molecular complexity index is 817. The van der Waals surface area contributed by atoms with Crippen LogP contribution < -0.4 is 0 Å². The van der Waals surface area contributed by atoms with Gasteiger partial charge in [0.05, 0.1) is 0 Å². The summed E-state index contributed by atoms with van der Waals surface area (Å²) < 4.78 is 5.54. The zero-order valence-corrected chi connectivity index (χ0v) is 18.3. The molecule has 2 rings (SSSR count). The maximum atomic E-state index is 11.7. The molecule has 0 aromatic heterocycles. The number of hydrogen-bond acceptors (Lipinski definition) is 3. The van der Waals surface area contributed by atoms with Crippen molar-refractivity contribution in [3.8, 4) is 0 Å². The van der Waals surface area contributed by atoms with Gasteiger partial charge in [-0.15, -0.1) is 0 Å². The Morgan fingerprint density at radius 3 is 1.28 bits per heavy atom. The summed E-state index contributed by atoms with van der Waals surface area (Å²) in [6, 6.07) is 7.15. The number of aryl methyl sites for hydroxylation is 4. The highest BCUT2D eigenvalue weighted by Gasteiger charge is 2.28. The molecule has 2 aromatic rings. The van der Waals surface area contributed by atoms with Crippen molar-refractivity contribution in [2.75, 3.05) is 0 Å². The molecule has 0 radical (unpaired) electrons. The first-order valence-electron chi connectivity index (χ1n) is 9.12. The van der Waals surface area contributed by atoms with Crippen LogP contribution in [0.3, 0.4) is 0 Å². The second kappa shape index (κ2) is 9.61. The Morgan fingerprint density at radius 2 is 1.03 bits per heavy atom. The van der Waals surface area contributed by atoms with E-state index in [1.165, 1.54) is 0 Å². The molecule has 0 fully saturated rings. The summed E-state index contributed by atoms with van der Waals surface area (Å²) in [6.45, 7) is 7.34. The molecule has 0 heterocycles. The Morgan fingerprint density at radius 1 is 0.759 bits per heavy atom. The van der Waals surface area contributed by atoms with E-state index in [9.17, 15) is 19.8 Å². The fourth-order valence-corrected chi connectivity index (χ4v) is 3.54. The van der Waals surface area contributed by atoms with Crippen LogP contribution in [0.2, 0.25) is 10.0 Å². The van der Waals surface area contributed by atoms with Crippen molar-refractivity contribution in [3.63, 3.8) is 0 Å². The molecular formula is C22H24Cl2O5. The van der Waals surface area contributed by atoms with Crippen molar-refractivity contribution in [2.24, 2.45) is 0 Å². The van der Waals surface area contributed by atoms with Crippen molar-refractivity contribution < 1.29 is 24.5 Å². The van der Waals surface area contributed by atoms with Crippen LogP contribution in [0.4, 0.5) is 0 Å². The summed E-state index contributed by atoms with van der Waals surface area (Å²) in [7, 11) is 0. The number of carbonyl (C=O) groups is 2. The van der Waals surface area contributed by atoms with E-state index in [0.29, 0.717) is 10.0 Å². The molecule has 0 aliphatic heterocycles. The molecule has 0 bridgehead atoms. The quantitative estimate of drug-likeness (QED) is 0.609. The third-order valence-electron chi connectivity index (χ3n) is 4.71. The van der Waals surface area contributed by atoms with Gasteiger partial charge in [0.1, 0.15) is 0 Å². The summed E-state index contributed by atoms with van der Waals surface area (Å²) in [5, 5.41) is 20.4. The van der Waals surface area contributed by atoms with E-state index in [1.54, 1.807) is 24.3 Å². The Hall–Kier alpha value is -2.08. The first-order chi connectivity index (χ1) is 13.5. The first kappa shape index (κ1) is 23.2. The molecule has 0 saturated heterocycles. The molecule has 156 valence electrons. The third-order valence-corrected chi connectivity index (χ3v) is 5.91. The monoisotopic (exact) mass is 438 g/mol. The molecular weight excluding hydrogens is 415 g/mol. The summed E-state index contributed by atoms with van der Waals surface area (Å²) >= 11 is 12.3. The van der Waals surface area contributed by atoms with Gasteiger partial charge in [-0.05, 0) is 61.1 Å². The molecule has 0 unspecified atom stereocenters. The largest absolute Gasteiger partial charge is 0.479 e. The van der Waals surface area contributed by atoms with Gasteiger partial charge in [0.15, 0.2) is 12.2 Å². The average Bonchev–Trinajstić information content (AvgIpc) is 2.62. The average molecular weight is 439 g/mol. The maximum Gasteiger partial charge on any atom is 0.333 e. The van der Waals surface area contributed by atoms with Crippen LogP contribution in [-0.2, 0) is 27.2 Å². The Balaban J connectivity index is 2.24. The highest BCUT2D eigenvalue weighted by molar-refractivity contribution is 6.32. The van der Waals surface area contributed by atoms with Gasteiger partial charge in [0, 0.05) is 22.9 Å². The predicted octanol–water partition coefficient (Wildman–Crippen LogP) is 4.94. The molecule has 5 nitrogen and oxygen atoms in total. The highest BCUT2D eigenvalue weighted by atomic mass is 35.5. The lowest BCUT2D eigenvalue weighted by Gasteiger charge is -2.21. The number of hydrogen-bond donors (Lipinski definition) is 2. The number of rotatable bonds is 8. The lowest BCUT2D eigenvalue weighted by molar-refractivity contribution is -0.165. The zero-order chi connectivity index (χ0) is 21.9. The van der Waals surface area contributed by atoms with Gasteiger partial charge in [-0.1, -0.05) is 47.5 Å². The molecule has 0 amide bonds. The van der Waals surface area contributed by atoms with Crippen LogP contribution in [-0.4, -0.2) is 34.4 Å². The first-order valence-corrected chi connectivity index (χ1v) is 9.87. The molecule has 2 aromatic carbocycles. The number of halogens is 2. The zero-order valence-electron chi connectivity index (χ0n) is 16.8. The van der Waals surface area contributed by atoms with Crippen LogP contribution in [0, 0.1) is 27.7 Å². The van der Waals surface area contributed by atoms with Crippen LogP contribution in [0.1, 0.15) is 33.4 Å². The molecule has 0 spiro atoms. The maximum absolute atomic E-state index is 11.7. The smallest absolute Gasteiger partial charge is 0.333 e. The number of carboxylic acids is 2. The minimum absolute atomic E-state index is 0.0383. The second-order valence-electron chi connectivity index (χ2n) is 7.29. The highest BCUT2D eigenvalue weighted by Crippen LogP contribution is 2.25. The van der Waals surface area contributed by atoms with Crippen molar-refractivity contribution >= 4 is 35.1 Å². The molecule has 7 heteroatoms. The number of carboxylic acid groups (broad SMARTS) is 2. The lowest BCUT2D eigenvalue weighted by Crippen LogP contribution is -2.36. The van der Waals surface area contributed by atoms with Gasteiger partial charge < -0.3 is 14.9 Å². The van der Waals surface area contributed by atoms with Crippen molar-refractivity contribution in [2.45, 2.75) is 52.7 Å². The van der Waals surface area contributed by atoms with Gasteiger partial charge in [-0.3, -0.25) is 0 Å². The van der Waals surface area contributed by atoms with Gasteiger partial charge in [-0.25, -0.2) is 9.59 Å². The molecule has 0 saturated carbocycles. The normalized spacial score (nSPS) is 13.2. The van der Waals surface area contributed by atoms with Crippen molar-refractivity contribution in [1.29, 1.82) is 0 Å². The fourth-order valence-electron chi connectivity index (χ4n) is 3.32. The van der Waals surface area contributed by atoms with E-state index in [2.05, 4.69) is 0 Å². The van der Waals surface area contributed by atoms with E-state index < -0.39 is 24.1 Å². The molecule has 0 aliphatic carbocycles. The predicted molar refractivity (Wildman–Crippen MR) is 113 cm³/mol. The number of aliphatic carboxylic acids is 2. The van der Waals surface area contributed by atoms with Gasteiger partial charge >= 0.3 is 11.9 Å². The SMILES string of the molecule is Cc1cc(C[C@@H](O[C@H](Cc2cc(C)c(Cl)c(C)c2)C(=O)O)C(=O)O)cc(C)c1Cl. The molecule has 2 N–H and O–H groups in total. The second-order valence-corrected chi connectivity index (χ2v) is 8.04. The van der Waals surface area contributed by atoms with E-state index in [-0.39, 0.29) is 12.8 Å². The Kier molecular flexibility index (Phi) is 7.69. The Labute approximate surface area is 180 Å². The van der Waals surface area contributed by atoms with Crippen LogP contribution in [0.15, 0.2) is 24.3 Å². The third kappa shape index (κ3) is 5.95. The molecule has 0 aliphatic rings. The van der Waals surface area contributed by atoms with Gasteiger partial charge in [-0.2, -0.15) is 0 Å². The van der Waals surface area contributed by atoms with Crippen LogP contribution in [0.25, 0.3) is 0 Å². The standard InChI is InChI=1S/C22H24Cl2O5/c1-11-5-15(6-12(2)19(11)23)9-17(21(25)26)29-18(22(27)28)10-16-7-13(3)20(24)14(4)8-16/h5-8,17-18H,9-10H2,1-4H3,(H,25,26)(H,27,28)/t17-,18-/m1/s1. The van der Waals surface area contributed by atoms with Crippen molar-refractivity contribution in [3.05, 3.63) is 67.7 Å². The summed E-state index contributed by atoms with van der Waals surface area (Å²) in [5.74, 6) is -2.44. The van der Waals surface area contributed by atoms with E-state index in [0.717, 1.165) is 33.4 Å². The van der Waals surface area contributed by atoms with Gasteiger partial charge in [0.2, 0.25) is 0 Å². The lowest BCUT2D eigenvalue weighted by atomic mass is 10.0. The molecule has 29 heavy (non-hydrogen) atoms. The van der Waals surface area contributed by atoms with Crippen LogP contribution >= 0.6 is 23.2 Å². The minimum Gasteiger partial charge on any atom is -0.479 e. The summed E-state index contributed by atoms with van der Waals surface area (Å²) in [4.78, 5) is 23.5. The summed E-state index contributed by atoms with van der Waals surface area (Å²) in [6.07, 6.45) is -2.52. The topological polar surface area (TPSA) is 83.8 Å². The van der Waals surface area contributed by atoms with E-state index in [4.69, 9.17) is 27.9 Å². The fraction of sp³-hybridized carbons (Fsp3) is 0.364. The summed E-state index contributed by atoms with van der Waals surface area (Å²) in [5.41, 5.74) is 4.75. The minimum atomic E-state index is -1.30. The number of ether oxygens (including phenoxy) is 1. The molecule has 2 atom stereocenters.